The molecule has 2 rings (SSSR count). The summed E-state index contributed by atoms with van der Waals surface area (Å²) < 4.78 is 6.58. The third kappa shape index (κ3) is 3.44. The van der Waals surface area contributed by atoms with Gasteiger partial charge in [-0.3, -0.25) is 0 Å². The third-order valence-corrected chi connectivity index (χ3v) is 4.28. The Hall–Kier alpha value is -0.580. The number of hydrogen-bond acceptors (Lipinski definition) is 3. The second kappa shape index (κ2) is 5.85. The summed E-state index contributed by atoms with van der Waals surface area (Å²) in [5, 5.41) is 3.50. The highest BCUT2D eigenvalue weighted by Gasteiger charge is 2.14. The first-order valence-electron chi connectivity index (χ1n) is 5.71. The fourth-order valence-corrected chi connectivity index (χ4v) is 3.39. The molecule has 0 radical (unpaired) electrons. The van der Waals surface area contributed by atoms with Gasteiger partial charge in [-0.1, -0.05) is 6.92 Å². The second-order valence-electron chi connectivity index (χ2n) is 4.01. The Morgan fingerprint density at radius 2 is 2.29 bits per heavy atom. The van der Waals surface area contributed by atoms with Crippen molar-refractivity contribution in [3.05, 3.63) is 44.4 Å². The normalized spacial score (nSPS) is 12.9. The molecule has 2 aromatic rings. The molecule has 0 saturated carbocycles. The molecule has 0 aliphatic carbocycles. The maximum atomic E-state index is 5.39. The van der Waals surface area contributed by atoms with Crippen molar-refractivity contribution in [2.24, 2.45) is 0 Å². The Morgan fingerprint density at radius 3 is 2.82 bits per heavy atom. The fraction of sp³-hybridized carbons (Fsp3) is 0.385. The van der Waals surface area contributed by atoms with E-state index in [0.29, 0.717) is 6.04 Å². The van der Waals surface area contributed by atoms with Gasteiger partial charge in [0.15, 0.2) is 0 Å². The van der Waals surface area contributed by atoms with Gasteiger partial charge in [0.1, 0.15) is 5.76 Å². The molecular formula is C13H16BrNOS. The number of aryl methyl sites for hydroxylation is 1. The lowest BCUT2D eigenvalue weighted by atomic mass is 10.1. The van der Waals surface area contributed by atoms with Crippen LogP contribution in [-0.2, 0) is 6.42 Å². The number of nitrogens with one attached hydrogen (secondary N) is 1. The van der Waals surface area contributed by atoms with E-state index in [0.717, 1.165) is 18.7 Å². The van der Waals surface area contributed by atoms with Crippen LogP contribution in [0.3, 0.4) is 0 Å². The monoisotopic (exact) mass is 313 g/mol. The number of thiophene rings is 1. The van der Waals surface area contributed by atoms with Crippen LogP contribution in [0.25, 0.3) is 0 Å². The van der Waals surface area contributed by atoms with Gasteiger partial charge in [-0.15, -0.1) is 11.3 Å². The van der Waals surface area contributed by atoms with Gasteiger partial charge in [0.25, 0.3) is 0 Å². The molecule has 4 heteroatoms. The summed E-state index contributed by atoms with van der Waals surface area (Å²) >= 11 is 5.29. The summed E-state index contributed by atoms with van der Waals surface area (Å²) in [4.78, 5) is 1.38. The lowest BCUT2D eigenvalue weighted by molar-refractivity contribution is 0.512. The Kier molecular flexibility index (Phi) is 4.42. The van der Waals surface area contributed by atoms with E-state index < -0.39 is 0 Å². The number of hydrogen-bond donors (Lipinski definition) is 1. The molecule has 0 saturated heterocycles. The van der Waals surface area contributed by atoms with Crippen molar-refractivity contribution >= 4 is 27.3 Å². The van der Waals surface area contributed by atoms with Crippen LogP contribution in [0.4, 0.5) is 0 Å². The molecule has 0 bridgehead atoms. The maximum Gasteiger partial charge on any atom is 0.101 e. The van der Waals surface area contributed by atoms with Crippen molar-refractivity contribution < 1.29 is 4.42 Å². The van der Waals surface area contributed by atoms with Crippen LogP contribution in [-0.4, -0.2) is 6.54 Å². The molecule has 0 aliphatic rings. The van der Waals surface area contributed by atoms with Crippen LogP contribution in [0.5, 0.6) is 0 Å². The van der Waals surface area contributed by atoms with E-state index in [1.807, 2.05) is 13.2 Å². The van der Waals surface area contributed by atoms with E-state index in [9.17, 15) is 0 Å². The minimum atomic E-state index is 0.336. The molecule has 2 aromatic heterocycles. The molecule has 1 unspecified atom stereocenters. The summed E-state index contributed by atoms with van der Waals surface area (Å²) in [6.07, 6.45) is 2.86. The summed E-state index contributed by atoms with van der Waals surface area (Å²) in [6.45, 7) is 5.07. The minimum absolute atomic E-state index is 0.336. The highest BCUT2D eigenvalue weighted by molar-refractivity contribution is 9.11. The number of rotatable bonds is 5. The topological polar surface area (TPSA) is 25.2 Å². The smallest absolute Gasteiger partial charge is 0.101 e. The lowest BCUT2D eigenvalue weighted by Gasteiger charge is -2.15. The zero-order chi connectivity index (χ0) is 12.3. The predicted molar refractivity (Wildman–Crippen MR) is 75.6 cm³/mol. The minimum Gasteiger partial charge on any atom is -0.469 e. The maximum absolute atomic E-state index is 5.39. The molecule has 0 aliphatic heterocycles. The van der Waals surface area contributed by atoms with Gasteiger partial charge in [-0.05, 0) is 47.6 Å². The number of likely N-dealkylation sites (N-methyl/N-ethyl adjacent to an activating group) is 1. The van der Waals surface area contributed by atoms with Crippen LogP contribution in [0, 0.1) is 6.92 Å². The van der Waals surface area contributed by atoms with Gasteiger partial charge in [-0.2, -0.15) is 0 Å². The average Bonchev–Trinajstić information content (AvgIpc) is 2.87. The highest BCUT2D eigenvalue weighted by Crippen LogP contribution is 2.27. The van der Waals surface area contributed by atoms with Crippen LogP contribution in [0.2, 0.25) is 0 Å². The number of halogens is 1. The Balaban J connectivity index is 2.12. The van der Waals surface area contributed by atoms with E-state index in [4.69, 9.17) is 4.42 Å². The van der Waals surface area contributed by atoms with Gasteiger partial charge in [0, 0.05) is 22.9 Å². The SMILES string of the molecule is CCNC(Cc1ccc(Br)s1)c1coc(C)c1. The fourth-order valence-electron chi connectivity index (χ4n) is 1.86. The largest absolute Gasteiger partial charge is 0.469 e. The molecule has 0 spiro atoms. The van der Waals surface area contributed by atoms with Crippen molar-refractivity contribution in [1.29, 1.82) is 0 Å². The van der Waals surface area contributed by atoms with Crippen LogP contribution < -0.4 is 5.32 Å². The molecule has 1 N–H and O–H groups in total. The molecule has 2 heterocycles. The van der Waals surface area contributed by atoms with Gasteiger partial charge in [-0.25, -0.2) is 0 Å². The Labute approximate surface area is 114 Å². The average molecular weight is 314 g/mol. The van der Waals surface area contributed by atoms with Crippen LogP contribution in [0.15, 0.2) is 32.7 Å². The van der Waals surface area contributed by atoms with Crippen molar-refractivity contribution in [3.63, 3.8) is 0 Å². The summed E-state index contributed by atoms with van der Waals surface area (Å²) in [5.41, 5.74) is 1.23. The first-order chi connectivity index (χ1) is 8.19. The van der Waals surface area contributed by atoms with E-state index in [1.54, 1.807) is 11.3 Å². The molecule has 1 atom stereocenters. The van der Waals surface area contributed by atoms with E-state index in [-0.39, 0.29) is 0 Å². The van der Waals surface area contributed by atoms with E-state index in [2.05, 4.69) is 46.4 Å². The van der Waals surface area contributed by atoms with E-state index in [1.165, 1.54) is 14.2 Å². The van der Waals surface area contributed by atoms with Gasteiger partial charge in [0.2, 0.25) is 0 Å². The zero-order valence-corrected chi connectivity index (χ0v) is 12.4. The molecule has 0 fully saturated rings. The van der Waals surface area contributed by atoms with Gasteiger partial charge in [0.05, 0.1) is 10.0 Å². The number of furan rings is 1. The summed E-state index contributed by atoms with van der Waals surface area (Å²) in [5.74, 6) is 0.968. The molecular weight excluding hydrogens is 298 g/mol. The van der Waals surface area contributed by atoms with E-state index >= 15 is 0 Å². The Bertz CT molecular complexity index is 477. The zero-order valence-electron chi connectivity index (χ0n) is 10.00. The van der Waals surface area contributed by atoms with Crippen LogP contribution in [0.1, 0.15) is 29.2 Å². The van der Waals surface area contributed by atoms with Crippen LogP contribution >= 0.6 is 27.3 Å². The molecule has 92 valence electrons. The van der Waals surface area contributed by atoms with Gasteiger partial charge < -0.3 is 9.73 Å². The quantitative estimate of drug-likeness (QED) is 0.890. The molecule has 0 aromatic carbocycles. The lowest BCUT2D eigenvalue weighted by Crippen LogP contribution is -2.22. The first-order valence-corrected chi connectivity index (χ1v) is 7.32. The summed E-state index contributed by atoms with van der Waals surface area (Å²) in [7, 11) is 0. The van der Waals surface area contributed by atoms with Crippen molar-refractivity contribution in [1.82, 2.24) is 5.32 Å². The predicted octanol–water partition coefficient (Wildman–Crippen LogP) is 4.31. The Morgan fingerprint density at radius 1 is 1.47 bits per heavy atom. The summed E-state index contributed by atoms with van der Waals surface area (Å²) in [6, 6.07) is 6.72. The third-order valence-electron chi connectivity index (χ3n) is 2.64. The first kappa shape index (κ1) is 12.9. The molecule has 2 nitrogen and oxygen atoms in total. The highest BCUT2D eigenvalue weighted by atomic mass is 79.9. The standard InChI is InChI=1S/C13H16BrNOS/c1-3-15-12(10-6-9(2)16-8-10)7-11-4-5-13(14)17-11/h4-6,8,12,15H,3,7H2,1-2H3. The second-order valence-corrected chi connectivity index (χ2v) is 6.56. The van der Waals surface area contributed by atoms with Crippen molar-refractivity contribution in [2.75, 3.05) is 6.54 Å². The van der Waals surface area contributed by atoms with Gasteiger partial charge >= 0.3 is 0 Å². The molecule has 17 heavy (non-hydrogen) atoms. The molecule has 0 amide bonds. The van der Waals surface area contributed by atoms with Crippen molar-refractivity contribution in [2.45, 2.75) is 26.3 Å². The van der Waals surface area contributed by atoms with Crippen molar-refractivity contribution in [3.8, 4) is 0 Å².